The molecule has 0 radical (unpaired) electrons. The maximum atomic E-state index is 12.1. The summed E-state index contributed by atoms with van der Waals surface area (Å²) in [7, 11) is 0. The van der Waals surface area contributed by atoms with E-state index in [1.807, 2.05) is 61.5 Å². The Bertz CT molecular complexity index is 962. The number of ether oxygens (including phenoxy) is 2. The van der Waals surface area contributed by atoms with Crippen molar-refractivity contribution in [2.24, 2.45) is 0 Å². The minimum absolute atomic E-state index is 0.0785. The van der Waals surface area contributed by atoms with Gasteiger partial charge in [0.05, 0.1) is 17.7 Å². The molecule has 0 aromatic heterocycles. The Hall–Kier alpha value is -3.78. The number of nitriles is 1. The zero-order valence-electron chi connectivity index (χ0n) is 16.2. The lowest BCUT2D eigenvalue weighted by Crippen LogP contribution is -2.31. The van der Waals surface area contributed by atoms with Gasteiger partial charge in [-0.15, -0.1) is 0 Å². The fraction of sp³-hybridized carbons (Fsp3) is 0.167. The number of benzene rings is 3. The highest BCUT2D eigenvalue weighted by Gasteiger charge is 2.10. The standard InChI is InChI=1S/C24H22N2O3/c1-18(21-9-7-19(15-25)8-10-21)26-24(27)17-29-23-13-11-22(12-14-23)28-16-20-5-3-2-4-6-20/h2-14,18H,16-17H2,1H3,(H,26,27). The molecule has 0 aliphatic heterocycles. The van der Waals surface area contributed by atoms with Crippen LogP contribution in [-0.2, 0) is 11.4 Å². The zero-order valence-corrected chi connectivity index (χ0v) is 16.2. The third kappa shape index (κ3) is 6.12. The molecule has 0 spiro atoms. The minimum atomic E-state index is -0.216. The Balaban J connectivity index is 1.44. The van der Waals surface area contributed by atoms with Crippen LogP contribution in [0, 0.1) is 11.3 Å². The molecule has 0 saturated heterocycles. The van der Waals surface area contributed by atoms with E-state index in [1.165, 1.54) is 0 Å². The van der Waals surface area contributed by atoms with Crippen LogP contribution in [0.15, 0.2) is 78.9 Å². The highest BCUT2D eigenvalue weighted by molar-refractivity contribution is 5.78. The molecule has 0 saturated carbocycles. The van der Waals surface area contributed by atoms with Crippen LogP contribution in [0.25, 0.3) is 0 Å². The molecule has 1 amide bonds. The first-order chi connectivity index (χ1) is 14.1. The van der Waals surface area contributed by atoms with Crippen LogP contribution in [-0.4, -0.2) is 12.5 Å². The predicted octanol–water partition coefficient (Wildman–Crippen LogP) is 4.39. The summed E-state index contributed by atoms with van der Waals surface area (Å²) in [6.07, 6.45) is 0. The summed E-state index contributed by atoms with van der Waals surface area (Å²) in [5.74, 6) is 1.12. The van der Waals surface area contributed by atoms with Gasteiger partial charge in [0.1, 0.15) is 18.1 Å². The van der Waals surface area contributed by atoms with E-state index in [1.54, 1.807) is 24.3 Å². The van der Waals surface area contributed by atoms with Gasteiger partial charge in [-0.3, -0.25) is 4.79 Å². The first-order valence-corrected chi connectivity index (χ1v) is 9.33. The summed E-state index contributed by atoms with van der Waals surface area (Å²) in [5, 5.41) is 11.7. The second-order valence-electron chi connectivity index (χ2n) is 6.56. The molecule has 0 heterocycles. The number of carbonyl (C=O) groups excluding carboxylic acids is 1. The fourth-order valence-electron chi connectivity index (χ4n) is 2.73. The molecule has 29 heavy (non-hydrogen) atoms. The fourth-order valence-corrected chi connectivity index (χ4v) is 2.73. The Morgan fingerprint density at radius 2 is 1.55 bits per heavy atom. The Morgan fingerprint density at radius 3 is 2.17 bits per heavy atom. The van der Waals surface area contributed by atoms with Crippen molar-refractivity contribution in [1.82, 2.24) is 5.32 Å². The molecule has 3 aromatic carbocycles. The summed E-state index contributed by atoms with van der Waals surface area (Å²) < 4.78 is 11.3. The first-order valence-electron chi connectivity index (χ1n) is 9.33. The van der Waals surface area contributed by atoms with Gasteiger partial charge in [0.15, 0.2) is 6.61 Å². The number of nitrogens with one attached hydrogen (secondary N) is 1. The maximum Gasteiger partial charge on any atom is 0.258 e. The number of amides is 1. The third-order valence-corrected chi connectivity index (χ3v) is 4.36. The van der Waals surface area contributed by atoms with Crippen LogP contribution in [0.3, 0.4) is 0 Å². The molecule has 0 aliphatic carbocycles. The van der Waals surface area contributed by atoms with E-state index in [0.29, 0.717) is 17.9 Å². The van der Waals surface area contributed by atoms with E-state index in [0.717, 1.165) is 16.9 Å². The largest absolute Gasteiger partial charge is 0.489 e. The van der Waals surface area contributed by atoms with E-state index in [-0.39, 0.29) is 18.6 Å². The van der Waals surface area contributed by atoms with Crippen LogP contribution in [0.4, 0.5) is 0 Å². The van der Waals surface area contributed by atoms with Crippen LogP contribution in [0.2, 0.25) is 0 Å². The highest BCUT2D eigenvalue weighted by Crippen LogP contribution is 2.19. The molecule has 1 unspecified atom stereocenters. The van der Waals surface area contributed by atoms with Crippen molar-refractivity contribution in [3.8, 4) is 17.6 Å². The van der Waals surface area contributed by atoms with Gasteiger partial charge < -0.3 is 14.8 Å². The van der Waals surface area contributed by atoms with Gasteiger partial charge in [0.2, 0.25) is 0 Å². The normalized spacial score (nSPS) is 11.2. The molecule has 0 aliphatic rings. The van der Waals surface area contributed by atoms with Crippen molar-refractivity contribution in [3.05, 3.63) is 95.6 Å². The van der Waals surface area contributed by atoms with Crippen LogP contribution in [0.5, 0.6) is 11.5 Å². The zero-order chi connectivity index (χ0) is 20.5. The molecule has 1 N–H and O–H groups in total. The molecule has 3 aromatic rings. The molecule has 5 heteroatoms. The molecule has 5 nitrogen and oxygen atoms in total. The van der Waals surface area contributed by atoms with Gasteiger partial charge in [0.25, 0.3) is 5.91 Å². The highest BCUT2D eigenvalue weighted by atomic mass is 16.5. The van der Waals surface area contributed by atoms with Gasteiger partial charge in [-0.05, 0) is 54.4 Å². The summed E-state index contributed by atoms with van der Waals surface area (Å²) in [4.78, 5) is 12.1. The number of nitrogens with zero attached hydrogens (tertiary/aromatic N) is 1. The SMILES string of the molecule is CC(NC(=O)COc1ccc(OCc2ccccc2)cc1)c1ccc(C#N)cc1. The van der Waals surface area contributed by atoms with Crippen molar-refractivity contribution in [3.63, 3.8) is 0 Å². The van der Waals surface area contributed by atoms with Crippen molar-refractivity contribution in [2.45, 2.75) is 19.6 Å². The topological polar surface area (TPSA) is 71.3 Å². The van der Waals surface area contributed by atoms with Gasteiger partial charge in [-0.2, -0.15) is 5.26 Å². The van der Waals surface area contributed by atoms with Gasteiger partial charge >= 0.3 is 0 Å². The van der Waals surface area contributed by atoms with E-state index in [9.17, 15) is 4.79 Å². The van der Waals surface area contributed by atoms with Crippen LogP contribution in [0.1, 0.15) is 29.7 Å². The number of carbonyl (C=O) groups is 1. The van der Waals surface area contributed by atoms with Crippen molar-refractivity contribution in [1.29, 1.82) is 5.26 Å². The third-order valence-electron chi connectivity index (χ3n) is 4.36. The predicted molar refractivity (Wildman–Crippen MR) is 110 cm³/mol. The maximum absolute atomic E-state index is 12.1. The molecular formula is C24H22N2O3. The minimum Gasteiger partial charge on any atom is -0.489 e. The smallest absolute Gasteiger partial charge is 0.258 e. The number of rotatable bonds is 8. The second kappa shape index (κ2) is 9.95. The van der Waals surface area contributed by atoms with E-state index < -0.39 is 0 Å². The molecule has 146 valence electrons. The monoisotopic (exact) mass is 386 g/mol. The van der Waals surface area contributed by atoms with Gasteiger partial charge in [-0.1, -0.05) is 42.5 Å². The molecular weight excluding hydrogens is 364 g/mol. The molecule has 0 fully saturated rings. The van der Waals surface area contributed by atoms with E-state index in [2.05, 4.69) is 11.4 Å². The number of hydrogen-bond donors (Lipinski definition) is 1. The van der Waals surface area contributed by atoms with Crippen molar-refractivity contribution >= 4 is 5.91 Å². The Kier molecular flexibility index (Phi) is 6.85. The lowest BCUT2D eigenvalue weighted by atomic mass is 10.1. The lowest BCUT2D eigenvalue weighted by molar-refractivity contribution is -0.123. The van der Waals surface area contributed by atoms with Gasteiger partial charge in [0, 0.05) is 0 Å². The summed E-state index contributed by atoms with van der Waals surface area (Å²) in [6, 6.07) is 26.1. The Labute approximate surface area is 170 Å². The van der Waals surface area contributed by atoms with Crippen LogP contribution < -0.4 is 14.8 Å². The Morgan fingerprint density at radius 1 is 0.931 bits per heavy atom. The number of hydrogen-bond acceptors (Lipinski definition) is 4. The molecule has 1 atom stereocenters. The first kappa shape index (κ1) is 20.0. The van der Waals surface area contributed by atoms with Crippen molar-refractivity contribution in [2.75, 3.05) is 6.61 Å². The second-order valence-corrected chi connectivity index (χ2v) is 6.56. The summed E-state index contributed by atoms with van der Waals surface area (Å²) in [6.45, 7) is 2.31. The lowest BCUT2D eigenvalue weighted by Gasteiger charge is -2.15. The van der Waals surface area contributed by atoms with E-state index >= 15 is 0 Å². The van der Waals surface area contributed by atoms with Crippen LogP contribution >= 0.6 is 0 Å². The quantitative estimate of drug-likeness (QED) is 0.623. The van der Waals surface area contributed by atoms with Gasteiger partial charge in [-0.25, -0.2) is 0 Å². The average Bonchev–Trinajstić information content (AvgIpc) is 2.77. The summed E-state index contributed by atoms with van der Waals surface area (Å²) in [5.41, 5.74) is 2.62. The summed E-state index contributed by atoms with van der Waals surface area (Å²) >= 11 is 0. The average molecular weight is 386 g/mol. The van der Waals surface area contributed by atoms with Crippen molar-refractivity contribution < 1.29 is 14.3 Å². The molecule has 0 bridgehead atoms. The van der Waals surface area contributed by atoms with E-state index in [4.69, 9.17) is 14.7 Å². The molecule has 3 rings (SSSR count).